The number of ether oxygens (including phenoxy) is 2. The second kappa shape index (κ2) is 7.69. The number of hydrogen-bond donors (Lipinski definition) is 1. The van der Waals surface area contributed by atoms with Crippen molar-refractivity contribution >= 4 is 0 Å². The number of hydrogen-bond acceptors (Lipinski definition) is 3. The lowest BCUT2D eigenvalue weighted by Crippen LogP contribution is -2.31. The molecular formula is C18H29NO2. The maximum Gasteiger partial charge on any atom is 0.165 e. The monoisotopic (exact) mass is 291 g/mol. The molecule has 0 heterocycles. The van der Waals surface area contributed by atoms with E-state index in [4.69, 9.17) is 9.47 Å². The Hall–Kier alpha value is -1.22. The first-order valence-corrected chi connectivity index (χ1v) is 8.15. The first kappa shape index (κ1) is 16.2. The van der Waals surface area contributed by atoms with Gasteiger partial charge in [0, 0.05) is 11.6 Å². The molecule has 1 aliphatic rings. The van der Waals surface area contributed by atoms with Gasteiger partial charge in [-0.05, 0) is 37.3 Å². The van der Waals surface area contributed by atoms with Crippen LogP contribution in [0, 0.1) is 11.8 Å². The SMILES string of the molecule is CCNC(c1cccc(OC)c1OC)C1CCC(C)CC1. The maximum atomic E-state index is 5.64. The summed E-state index contributed by atoms with van der Waals surface area (Å²) in [5, 5.41) is 3.67. The van der Waals surface area contributed by atoms with Crippen molar-refractivity contribution in [3.63, 3.8) is 0 Å². The van der Waals surface area contributed by atoms with E-state index < -0.39 is 0 Å². The van der Waals surface area contributed by atoms with Crippen LogP contribution in [0.15, 0.2) is 18.2 Å². The van der Waals surface area contributed by atoms with Gasteiger partial charge >= 0.3 is 0 Å². The summed E-state index contributed by atoms with van der Waals surface area (Å²) in [4.78, 5) is 0. The van der Waals surface area contributed by atoms with Gasteiger partial charge in [-0.25, -0.2) is 0 Å². The minimum Gasteiger partial charge on any atom is -0.493 e. The quantitative estimate of drug-likeness (QED) is 0.853. The van der Waals surface area contributed by atoms with Crippen molar-refractivity contribution in [3.05, 3.63) is 23.8 Å². The van der Waals surface area contributed by atoms with Crippen LogP contribution in [0.5, 0.6) is 11.5 Å². The van der Waals surface area contributed by atoms with Crippen LogP contribution in [0.3, 0.4) is 0 Å². The van der Waals surface area contributed by atoms with E-state index in [-0.39, 0.29) is 0 Å². The average Bonchev–Trinajstić information content (AvgIpc) is 2.52. The second-order valence-corrected chi connectivity index (χ2v) is 6.14. The molecule has 21 heavy (non-hydrogen) atoms. The fourth-order valence-electron chi connectivity index (χ4n) is 3.53. The second-order valence-electron chi connectivity index (χ2n) is 6.14. The van der Waals surface area contributed by atoms with E-state index in [1.54, 1.807) is 14.2 Å². The Kier molecular flexibility index (Phi) is 5.92. The third-order valence-corrected chi connectivity index (χ3v) is 4.72. The van der Waals surface area contributed by atoms with Gasteiger partial charge < -0.3 is 14.8 Å². The van der Waals surface area contributed by atoms with Crippen molar-refractivity contribution in [2.75, 3.05) is 20.8 Å². The molecule has 0 bridgehead atoms. The lowest BCUT2D eigenvalue weighted by molar-refractivity contribution is 0.228. The van der Waals surface area contributed by atoms with Crippen molar-refractivity contribution in [2.24, 2.45) is 11.8 Å². The van der Waals surface area contributed by atoms with Crippen LogP contribution < -0.4 is 14.8 Å². The Bertz CT molecular complexity index is 439. The number of methoxy groups -OCH3 is 2. The molecule has 1 aromatic carbocycles. The van der Waals surface area contributed by atoms with Crippen molar-refractivity contribution in [1.82, 2.24) is 5.32 Å². The molecule has 0 radical (unpaired) electrons. The van der Waals surface area contributed by atoms with Gasteiger partial charge in [0.15, 0.2) is 11.5 Å². The molecule has 1 atom stereocenters. The van der Waals surface area contributed by atoms with E-state index >= 15 is 0 Å². The molecule has 0 aromatic heterocycles. The Labute approximate surface area is 129 Å². The van der Waals surface area contributed by atoms with Gasteiger partial charge in [0.25, 0.3) is 0 Å². The van der Waals surface area contributed by atoms with Gasteiger partial charge in [-0.15, -0.1) is 0 Å². The summed E-state index contributed by atoms with van der Waals surface area (Å²) < 4.78 is 11.1. The zero-order chi connectivity index (χ0) is 15.2. The van der Waals surface area contributed by atoms with Crippen LogP contribution in [0.4, 0.5) is 0 Å². The summed E-state index contributed by atoms with van der Waals surface area (Å²) in [6.07, 6.45) is 5.25. The van der Waals surface area contributed by atoms with E-state index in [2.05, 4.69) is 31.3 Å². The van der Waals surface area contributed by atoms with E-state index in [0.29, 0.717) is 12.0 Å². The van der Waals surface area contributed by atoms with E-state index in [1.165, 1.54) is 31.2 Å². The molecule has 3 heteroatoms. The fraction of sp³-hybridized carbons (Fsp3) is 0.667. The van der Waals surface area contributed by atoms with Gasteiger partial charge in [0.2, 0.25) is 0 Å². The average molecular weight is 291 g/mol. The summed E-state index contributed by atoms with van der Waals surface area (Å²) in [6.45, 7) is 5.51. The number of nitrogens with one attached hydrogen (secondary N) is 1. The molecule has 1 N–H and O–H groups in total. The molecule has 2 rings (SSSR count). The third-order valence-electron chi connectivity index (χ3n) is 4.72. The molecule has 0 saturated heterocycles. The summed E-state index contributed by atoms with van der Waals surface area (Å²) in [5.41, 5.74) is 1.23. The van der Waals surface area contributed by atoms with Crippen molar-refractivity contribution in [1.29, 1.82) is 0 Å². The summed E-state index contributed by atoms with van der Waals surface area (Å²) in [7, 11) is 3.43. The van der Waals surface area contributed by atoms with Crippen LogP contribution in [0.2, 0.25) is 0 Å². The van der Waals surface area contributed by atoms with Crippen LogP contribution in [0.1, 0.15) is 51.1 Å². The lowest BCUT2D eigenvalue weighted by Gasteiger charge is -2.34. The van der Waals surface area contributed by atoms with Gasteiger partial charge in [-0.3, -0.25) is 0 Å². The van der Waals surface area contributed by atoms with Gasteiger partial charge in [-0.2, -0.15) is 0 Å². The highest BCUT2D eigenvalue weighted by Crippen LogP contribution is 2.42. The highest BCUT2D eigenvalue weighted by Gasteiger charge is 2.29. The third kappa shape index (κ3) is 3.70. The van der Waals surface area contributed by atoms with Gasteiger partial charge in [-0.1, -0.05) is 38.8 Å². The lowest BCUT2D eigenvalue weighted by atomic mass is 9.77. The smallest absolute Gasteiger partial charge is 0.165 e. The zero-order valence-corrected chi connectivity index (χ0v) is 13.8. The predicted molar refractivity (Wildman–Crippen MR) is 87.1 cm³/mol. The number of rotatable bonds is 6. The van der Waals surface area contributed by atoms with Crippen LogP contribution in [-0.4, -0.2) is 20.8 Å². The van der Waals surface area contributed by atoms with Crippen molar-refractivity contribution in [3.8, 4) is 11.5 Å². The highest BCUT2D eigenvalue weighted by atomic mass is 16.5. The maximum absolute atomic E-state index is 5.64. The highest BCUT2D eigenvalue weighted by molar-refractivity contribution is 5.48. The first-order valence-electron chi connectivity index (χ1n) is 8.15. The molecule has 1 aromatic rings. The largest absolute Gasteiger partial charge is 0.493 e. The van der Waals surface area contributed by atoms with Crippen molar-refractivity contribution in [2.45, 2.75) is 45.6 Å². The Balaban J connectivity index is 2.29. The summed E-state index contributed by atoms with van der Waals surface area (Å²) >= 11 is 0. The molecule has 0 aliphatic heterocycles. The first-order chi connectivity index (χ1) is 10.2. The van der Waals surface area contributed by atoms with Gasteiger partial charge in [0.05, 0.1) is 14.2 Å². The number of benzene rings is 1. The van der Waals surface area contributed by atoms with Crippen LogP contribution in [0.25, 0.3) is 0 Å². The fourth-order valence-corrected chi connectivity index (χ4v) is 3.53. The molecular weight excluding hydrogens is 262 g/mol. The Morgan fingerprint density at radius 2 is 1.86 bits per heavy atom. The molecule has 1 aliphatic carbocycles. The normalized spacial score (nSPS) is 23.6. The summed E-state index contributed by atoms with van der Waals surface area (Å²) in [6, 6.07) is 6.56. The predicted octanol–water partition coefficient (Wildman–Crippen LogP) is 4.18. The molecule has 1 saturated carbocycles. The zero-order valence-electron chi connectivity index (χ0n) is 13.8. The topological polar surface area (TPSA) is 30.5 Å². The Morgan fingerprint density at radius 1 is 1.14 bits per heavy atom. The van der Waals surface area contributed by atoms with Crippen LogP contribution in [-0.2, 0) is 0 Å². The standard InChI is InChI=1S/C18H29NO2/c1-5-19-17(14-11-9-13(2)10-12-14)15-7-6-8-16(20-3)18(15)21-4/h6-8,13-14,17,19H,5,9-12H2,1-4H3. The van der Waals surface area contributed by atoms with Crippen LogP contribution >= 0.6 is 0 Å². The molecule has 3 nitrogen and oxygen atoms in total. The van der Waals surface area contributed by atoms with Gasteiger partial charge in [0.1, 0.15) is 0 Å². The van der Waals surface area contributed by atoms with Crippen molar-refractivity contribution < 1.29 is 9.47 Å². The minimum atomic E-state index is 0.354. The van der Waals surface area contributed by atoms with E-state index in [0.717, 1.165) is 24.0 Å². The van der Waals surface area contributed by atoms with E-state index in [9.17, 15) is 0 Å². The van der Waals surface area contributed by atoms with E-state index in [1.807, 2.05) is 6.07 Å². The Morgan fingerprint density at radius 3 is 2.43 bits per heavy atom. The molecule has 1 unspecified atom stereocenters. The minimum absolute atomic E-state index is 0.354. The molecule has 0 spiro atoms. The molecule has 0 amide bonds. The summed E-state index contributed by atoms with van der Waals surface area (Å²) in [5.74, 6) is 3.25. The number of para-hydroxylation sites is 1. The molecule has 1 fully saturated rings. The molecule has 118 valence electrons.